The van der Waals surface area contributed by atoms with Crippen molar-refractivity contribution in [3.63, 3.8) is 0 Å². The van der Waals surface area contributed by atoms with Crippen molar-refractivity contribution in [3.05, 3.63) is 35.6 Å². The Morgan fingerprint density at radius 2 is 1.62 bits per heavy atom. The van der Waals surface area contributed by atoms with Crippen LogP contribution in [0.1, 0.15) is 45.1 Å². The summed E-state index contributed by atoms with van der Waals surface area (Å²) in [4.78, 5) is 0. The third kappa shape index (κ3) is 1.75. The lowest BCUT2D eigenvalue weighted by Crippen LogP contribution is -2.55. The highest BCUT2D eigenvalue weighted by Crippen LogP contribution is 2.56. The molecule has 88 valence electrons. The van der Waals surface area contributed by atoms with Crippen LogP contribution in [0.25, 0.3) is 0 Å². The van der Waals surface area contributed by atoms with Gasteiger partial charge in [0.1, 0.15) is 5.82 Å². The Hall–Kier alpha value is -0.890. The smallest absolute Gasteiger partial charge is 0.123 e. The van der Waals surface area contributed by atoms with Crippen LogP contribution in [0.4, 0.5) is 4.39 Å². The molecule has 16 heavy (non-hydrogen) atoms. The fourth-order valence-corrected chi connectivity index (χ4v) is 3.02. The van der Waals surface area contributed by atoms with Crippen LogP contribution in [0.3, 0.4) is 0 Å². The van der Waals surface area contributed by atoms with Gasteiger partial charge in [-0.25, -0.2) is 4.39 Å². The maximum absolute atomic E-state index is 12.8. The summed E-state index contributed by atoms with van der Waals surface area (Å²) < 4.78 is 12.8. The molecule has 0 bridgehead atoms. The van der Waals surface area contributed by atoms with E-state index in [4.69, 9.17) is 5.73 Å². The number of nitrogens with two attached hydrogens (primary N) is 1. The zero-order chi connectivity index (χ0) is 11.8. The van der Waals surface area contributed by atoms with Gasteiger partial charge in [-0.2, -0.15) is 0 Å². The van der Waals surface area contributed by atoms with E-state index in [1.807, 2.05) is 12.1 Å². The average Bonchev–Trinajstić information content (AvgIpc) is 2.25. The molecule has 2 rings (SSSR count). The summed E-state index contributed by atoms with van der Waals surface area (Å²) in [6.07, 6.45) is 4.42. The standard InChI is InChI=1S/C14H20FN/c1-3-13(4-2)9-14(16,10-13)11-5-7-12(15)8-6-11/h5-8H,3-4,9-10,16H2,1-2H3. The maximum Gasteiger partial charge on any atom is 0.123 e. The molecule has 1 aromatic rings. The topological polar surface area (TPSA) is 26.0 Å². The quantitative estimate of drug-likeness (QED) is 0.829. The number of hydrogen-bond acceptors (Lipinski definition) is 1. The molecule has 0 unspecified atom stereocenters. The molecule has 1 fully saturated rings. The van der Waals surface area contributed by atoms with E-state index in [2.05, 4.69) is 13.8 Å². The maximum atomic E-state index is 12.8. The van der Waals surface area contributed by atoms with Crippen LogP contribution in [-0.2, 0) is 5.54 Å². The van der Waals surface area contributed by atoms with E-state index in [0.717, 1.165) is 18.4 Å². The van der Waals surface area contributed by atoms with Crippen LogP contribution in [0.5, 0.6) is 0 Å². The van der Waals surface area contributed by atoms with Crippen molar-refractivity contribution in [2.45, 2.75) is 45.1 Å². The summed E-state index contributed by atoms with van der Waals surface area (Å²) in [6.45, 7) is 4.46. The first-order valence-electron chi connectivity index (χ1n) is 6.08. The molecule has 2 heteroatoms. The summed E-state index contributed by atoms with van der Waals surface area (Å²) in [5.74, 6) is -0.191. The van der Waals surface area contributed by atoms with Crippen molar-refractivity contribution >= 4 is 0 Å². The lowest BCUT2D eigenvalue weighted by atomic mass is 9.53. The van der Waals surface area contributed by atoms with E-state index < -0.39 is 0 Å². The second kappa shape index (κ2) is 3.85. The Labute approximate surface area is 96.9 Å². The predicted octanol–water partition coefficient (Wildman–Crippen LogP) is 3.58. The number of halogens is 1. The zero-order valence-corrected chi connectivity index (χ0v) is 10.1. The normalized spacial score (nSPS) is 21.5. The molecule has 0 aromatic heterocycles. The van der Waals surface area contributed by atoms with E-state index in [-0.39, 0.29) is 11.4 Å². The molecule has 1 aliphatic carbocycles. The van der Waals surface area contributed by atoms with Gasteiger partial charge in [-0.1, -0.05) is 38.8 Å². The first-order valence-corrected chi connectivity index (χ1v) is 6.08. The molecule has 1 aliphatic rings. The molecule has 0 radical (unpaired) electrons. The fourth-order valence-electron chi connectivity index (χ4n) is 3.02. The van der Waals surface area contributed by atoms with Crippen molar-refractivity contribution in [3.8, 4) is 0 Å². The molecular weight excluding hydrogens is 201 g/mol. The Bertz CT molecular complexity index is 357. The molecule has 1 nitrogen and oxygen atoms in total. The molecule has 1 aromatic carbocycles. The van der Waals surface area contributed by atoms with Crippen molar-refractivity contribution in [2.75, 3.05) is 0 Å². The molecule has 0 saturated heterocycles. The number of benzene rings is 1. The summed E-state index contributed by atoms with van der Waals surface area (Å²) in [5, 5.41) is 0. The van der Waals surface area contributed by atoms with Gasteiger partial charge in [-0.05, 0) is 36.0 Å². The minimum Gasteiger partial charge on any atom is -0.321 e. The van der Waals surface area contributed by atoms with Gasteiger partial charge in [0.2, 0.25) is 0 Å². The van der Waals surface area contributed by atoms with E-state index in [9.17, 15) is 4.39 Å². The first kappa shape index (κ1) is 11.6. The van der Waals surface area contributed by atoms with Gasteiger partial charge in [0.15, 0.2) is 0 Å². The molecule has 2 N–H and O–H groups in total. The molecule has 0 atom stereocenters. The highest BCUT2D eigenvalue weighted by molar-refractivity contribution is 5.29. The minimum absolute atomic E-state index is 0.191. The lowest BCUT2D eigenvalue weighted by Gasteiger charge is -2.54. The van der Waals surface area contributed by atoms with Gasteiger partial charge < -0.3 is 5.73 Å². The van der Waals surface area contributed by atoms with Crippen molar-refractivity contribution < 1.29 is 4.39 Å². The highest BCUT2D eigenvalue weighted by Gasteiger charge is 2.50. The van der Waals surface area contributed by atoms with E-state index in [1.54, 1.807) is 0 Å². The summed E-state index contributed by atoms with van der Waals surface area (Å²) >= 11 is 0. The van der Waals surface area contributed by atoms with E-state index >= 15 is 0 Å². The van der Waals surface area contributed by atoms with Gasteiger partial charge in [-0.15, -0.1) is 0 Å². The van der Waals surface area contributed by atoms with Crippen molar-refractivity contribution in [1.82, 2.24) is 0 Å². The van der Waals surface area contributed by atoms with Crippen LogP contribution in [0.2, 0.25) is 0 Å². The van der Waals surface area contributed by atoms with Gasteiger partial charge in [0.25, 0.3) is 0 Å². The van der Waals surface area contributed by atoms with Gasteiger partial charge in [0, 0.05) is 5.54 Å². The predicted molar refractivity (Wildman–Crippen MR) is 64.5 cm³/mol. The first-order chi connectivity index (χ1) is 7.53. The summed E-state index contributed by atoms with van der Waals surface area (Å²) in [6, 6.07) is 6.65. The second-order valence-electron chi connectivity index (χ2n) is 5.22. The second-order valence-corrected chi connectivity index (χ2v) is 5.22. The zero-order valence-electron chi connectivity index (χ0n) is 10.1. The largest absolute Gasteiger partial charge is 0.321 e. The van der Waals surface area contributed by atoms with Crippen LogP contribution in [0.15, 0.2) is 24.3 Å². The molecule has 0 heterocycles. The molecule has 0 aliphatic heterocycles. The molecule has 1 saturated carbocycles. The summed E-state index contributed by atoms with van der Waals surface area (Å²) in [5.41, 5.74) is 7.65. The summed E-state index contributed by atoms with van der Waals surface area (Å²) in [7, 11) is 0. The van der Waals surface area contributed by atoms with Gasteiger partial charge in [-0.3, -0.25) is 0 Å². The van der Waals surface area contributed by atoms with Crippen LogP contribution >= 0.6 is 0 Å². The van der Waals surface area contributed by atoms with Gasteiger partial charge >= 0.3 is 0 Å². The van der Waals surface area contributed by atoms with Crippen LogP contribution in [0, 0.1) is 11.2 Å². The van der Waals surface area contributed by atoms with Crippen LogP contribution < -0.4 is 5.73 Å². The van der Waals surface area contributed by atoms with Crippen molar-refractivity contribution in [1.29, 1.82) is 0 Å². The van der Waals surface area contributed by atoms with E-state index in [0.29, 0.717) is 5.41 Å². The monoisotopic (exact) mass is 221 g/mol. The van der Waals surface area contributed by atoms with Crippen molar-refractivity contribution in [2.24, 2.45) is 11.1 Å². The average molecular weight is 221 g/mol. The Balaban J connectivity index is 2.15. The molecule has 0 amide bonds. The Morgan fingerprint density at radius 1 is 1.12 bits per heavy atom. The number of hydrogen-bond donors (Lipinski definition) is 1. The van der Waals surface area contributed by atoms with E-state index in [1.165, 1.54) is 25.0 Å². The number of rotatable bonds is 3. The third-order valence-corrected chi connectivity index (χ3v) is 4.30. The third-order valence-electron chi connectivity index (χ3n) is 4.30. The Morgan fingerprint density at radius 3 is 2.06 bits per heavy atom. The Kier molecular flexibility index (Phi) is 2.79. The van der Waals surface area contributed by atoms with Crippen LogP contribution in [-0.4, -0.2) is 0 Å². The SMILES string of the molecule is CCC1(CC)CC(N)(c2ccc(F)cc2)C1. The van der Waals surface area contributed by atoms with Gasteiger partial charge in [0.05, 0.1) is 0 Å². The molecule has 0 spiro atoms. The highest BCUT2D eigenvalue weighted by atomic mass is 19.1. The lowest BCUT2D eigenvalue weighted by molar-refractivity contribution is 0.0166. The minimum atomic E-state index is -0.222. The fraction of sp³-hybridized carbons (Fsp3) is 0.571. The molecular formula is C14H20FN.